The number of benzene rings is 1. The van der Waals surface area contributed by atoms with Crippen LogP contribution in [-0.2, 0) is 4.79 Å². The molecule has 4 nitrogen and oxygen atoms in total. The molecule has 162 valence electrons. The molecular weight excluding hydrogens is 372 g/mol. The zero-order valence-electron chi connectivity index (χ0n) is 18.4. The van der Waals surface area contributed by atoms with Gasteiger partial charge in [-0.15, -0.1) is 0 Å². The number of esters is 1. The lowest BCUT2D eigenvalue weighted by Gasteiger charge is -2.05. The number of pyridine rings is 1. The maximum atomic E-state index is 12.0. The van der Waals surface area contributed by atoms with Gasteiger partial charge in [0.25, 0.3) is 0 Å². The van der Waals surface area contributed by atoms with Crippen LogP contribution >= 0.6 is 0 Å². The molecule has 0 amide bonds. The largest absolute Gasteiger partial charge is 0.427 e. The van der Waals surface area contributed by atoms with Crippen LogP contribution in [0.5, 0.6) is 5.75 Å². The van der Waals surface area contributed by atoms with Crippen molar-refractivity contribution in [3.05, 3.63) is 54.4 Å². The lowest BCUT2D eigenvalue weighted by Crippen LogP contribution is -2.07. The molecule has 1 aromatic carbocycles. The predicted molar refractivity (Wildman–Crippen MR) is 125 cm³/mol. The highest BCUT2D eigenvalue weighted by Gasteiger charge is 2.05. The Morgan fingerprint density at radius 1 is 0.900 bits per heavy atom. The van der Waals surface area contributed by atoms with Crippen molar-refractivity contribution in [1.82, 2.24) is 4.98 Å². The molecule has 2 aromatic rings. The van der Waals surface area contributed by atoms with E-state index in [1.54, 1.807) is 30.7 Å². The summed E-state index contributed by atoms with van der Waals surface area (Å²) in [7, 11) is 0. The fourth-order valence-electron chi connectivity index (χ4n) is 3.32. The van der Waals surface area contributed by atoms with Crippen LogP contribution in [-0.4, -0.2) is 17.2 Å². The normalized spacial score (nSPS) is 11.1. The summed E-state index contributed by atoms with van der Waals surface area (Å²) < 4.78 is 5.42. The van der Waals surface area contributed by atoms with Gasteiger partial charge in [0.2, 0.25) is 0 Å². The molecule has 30 heavy (non-hydrogen) atoms. The average Bonchev–Trinajstić information content (AvgIpc) is 2.78. The van der Waals surface area contributed by atoms with Crippen molar-refractivity contribution in [2.45, 2.75) is 84.0 Å². The molecule has 1 heterocycles. The summed E-state index contributed by atoms with van der Waals surface area (Å²) >= 11 is 0. The zero-order chi connectivity index (χ0) is 21.3. The van der Waals surface area contributed by atoms with Gasteiger partial charge < -0.3 is 4.74 Å². The van der Waals surface area contributed by atoms with Crippen LogP contribution in [0.15, 0.2) is 53.8 Å². The maximum Gasteiger partial charge on any atom is 0.311 e. The van der Waals surface area contributed by atoms with Crippen LogP contribution in [0.2, 0.25) is 0 Å². The smallest absolute Gasteiger partial charge is 0.311 e. The number of rotatable bonds is 15. The van der Waals surface area contributed by atoms with Crippen LogP contribution in [0.25, 0.3) is 0 Å². The molecule has 0 aliphatic rings. The summed E-state index contributed by atoms with van der Waals surface area (Å²) in [5.41, 5.74) is 1.75. The average molecular weight is 409 g/mol. The fourth-order valence-corrected chi connectivity index (χ4v) is 3.32. The van der Waals surface area contributed by atoms with Gasteiger partial charge in [-0.2, -0.15) is 0 Å². The highest BCUT2D eigenvalue weighted by Crippen LogP contribution is 2.19. The third kappa shape index (κ3) is 10.9. The van der Waals surface area contributed by atoms with E-state index < -0.39 is 0 Å². The predicted octanol–water partition coefficient (Wildman–Crippen LogP) is 7.44. The Balaban J connectivity index is 1.53. The van der Waals surface area contributed by atoms with Gasteiger partial charge in [0.05, 0.1) is 5.69 Å². The van der Waals surface area contributed by atoms with E-state index in [0.717, 1.165) is 24.1 Å². The second-order valence-corrected chi connectivity index (χ2v) is 7.80. The molecule has 0 spiro atoms. The van der Waals surface area contributed by atoms with Gasteiger partial charge in [-0.25, -0.2) is 0 Å². The maximum absolute atomic E-state index is 12.0. The first-order valence-electron chi connectivity index (χ1n) is 11.5. The summed E-state index contributed by atoms with van der Waals surface area (Å²) in [4.78, 5) is 20.5. The van der Waals surface area contributed by atoms with E-state index in [1.807, 2.05) is 24.3 Å². The Morgan fingerprint density at radius 3 is 2.13 bits per heavy atom. The molecule has 0 atom stereocenters. The SMILES string of the molecule is CCCCCCCCCCCCCC(=O)Oc1ccc(N=Cc2cccnc2)cc1. The molecule has 0 saturated carbocycles. The Morgan fingerprint density at radius 2 is 1.53 bits per heavy atom. The Kier molecular flexibility index (Phi) is 12.2. The molecule has 0 unspecified atom stereocenters. The molecule has 4 heteroatoms. The minimum Gasteiger partial charge on any atom is -0.427 e. The molecule has 0 N–H and O–H groups in total. The molecule has 0 saturated heterocycles. The van der Waals surface area contributed by atoms with Crippen molar-refractivity contribution < 1.29 is 9.53 Å². The number of carbonyl (C=O) groups is 1. The first-order valence-corrected chi connectivity index (χ1v) is 11.5. The molecule has 0 aliphatic heterocycles. The third-order valence-electron chi connectivity index (χ3n) is 5.10. The van der Waals surface area contributed by atoms with E-state index in [9.17, 15) is 4.79 Å². The van der Waals surface area contributed by atoms with Gasteiger partial charge in [0, 0.05) is 30.6 Å². The van der Waals surface area contributed by atoms with Crippen molar-refractivity contribution in [2.24, 2.45) is 4.99 Å². The number of unbranched alkanes of at least 4 members (excludes halogenated alkanes) is 10. The van der Waals surface area contributed by atoms with Crippen molar-refractivity contribution in [3.63, 3.8) is 0 Å². The topological polar surface area (TPSA) is 51.5 Å². The monoisotopic (exact) mass is 408 g/mol. The van der Waals surface area contributed by atoms with Gasteiger partial charge in [0.15, 0.2) is 0 Å². The van der Waals surface area contributed by atoms with E-state index in [0.29, 0.717) is 12.2 Å². The van der Waals surface area contributed by atoms with Gasteiger partial charge in [0.1, 0.15) is 5.75 Å². The number of hydrogen-bond acceptors (Lipinski definition) is 4. The van der Waals surface area contributed by atoms with Gasteiger partial charge in [-0.1, -0.05) is 77.2 Å². The molecular formula is C26H36N2O2. The second-order valence-electron chi connectivity index (χ2n) is 7.80. The fraction of sp³-hybridized carbons (Fsp3) is 0.500. The van der Waals surface area contributed by atoms with E-state index in [-0.39, 0.29) is 5.97 Å². The quantitative estimate of drug-likeness (QED) is 0.133. The molecule has 0 fully saturated rings. The third-order valence-corrected chi connectivity index (χ3v) is 5.10. The first kappa shape index (κ1) is 23.8. The van der Waals surface area contributed by atoms with Gasteiger partial charge >= 0.3 is 5.97 Å². The summed E-state index contributed by atoms with van der Waals surface area (Å²) in [6, 6.07) is 11.1. The highest BCUT2D eigenvalue weighted by molar-refractivity contribution is 5.81. The van der Waals surface area contributed by atoms with Crippen LogP contribution < -0.4 is 4.74 Å². The standard InChI is InChI=1S/C26H36N2O2/c1-2-3-4-5-6-7-8-9-10-11-12-15-26(29)30-25-18-16-24(17-19-25)28-22-23-14-13-20-27-21-23/h13-14,16-22H,2-12,15H2,1H3. The summed E-state index contributed by atoms with van der Waals surface area (Å²) in [5.74, 6) is 0.418. The molecule has 0 aliphatic carbocycles. The summed E-state index contributed by atoms with van der Waals surface area (Å²) in [5, 5.41) is 0. The van der Waals surface area contributed by atoms with Gasteiger partial charge in [-0.05, 0) is 36.8 Å². The highest BCUT2D eigenvalue weighted by atomic mass is 16.5. The number of ether oxygens (including phenoxy) is 1. The summed E-state index contributed by atoms with van der Waals surface area (Å²) in [6.07, 6.45) is 19.8. The van der Waals surface area contributed by atoms with Crippen LogP contribution in [0.4, 0.5) is 5.69 Å². The number of aromatic nitrogens is 1. The first-order chi connectivity index (χ1) is 14.8. The van der Waals surface area contributed by atoms with E-state index >= 15 is 0 Å². The number of aliphatic imine (C=N–C) groups is 1. The van der Waals surface area contributed by atoms with E-state index in [2.05, 4.69) is 16.9 Å². The Bertz CT molecular complexity index is 726. The Labute approximate surface area is 181 Å². The molecule has 0 bridgehead atoms. The summed E-state index contributed by atoms with van der Waals surface area (Å²) in [6.45, 7) is 2.26. The molecule has 1 aromatic heterocycles. The van der Waals surface area contributed by atoms with Gasteiger partial charge in [-0.3, -0.25) is 14.8 Å². The van der Waals surface area contributed by atoms with Crippen LogP contribution in [0.3, 0.4) is 0 Å². The van der Waals surface area contributed by atoms with Crippen molar-refractivity contribution >= 4 is 17.9 Å². The lowest BCUT2D eigenvalue weighted by atomic mass is 10.1. The lowest BCUT2D eigenvalue weighted by molar-refractivity contribution is -0.134. The minimum atomic E-state index is -0.155. The van der Waals surface area contributed by atoms with Crippen molar-refractivity contribution in [1.29, 1.82) is 0 Å². The van der Waals surface area contributed by atoms with E-state index in [4.69, 9.17) is 4.74 Å². The number of carbonyl (C=O) groups excluding carboxylic acids is 1. The number of hydrogen-bond donors (Lipinski definition) is 0. The molecule has 2 rings (SSSR count). The Hall–Kier alpha value is -2.49. The number of nitrogens with zero attached hydrogens (tertiary/aromatic N) is 2. The zero-order valence-corrected chi connectivity index (χ0v) is 18.4. The second kappa shape index (κ2) is 15.4. The van der Waals surface area contributed by atoms with Crippen molar-refractivity contribution in [2.75, 3.05) is 0 Å². The van der Waals surface area contributed by atoms with Crippen molar-refractivity contribution in [3.8, 4) is 5.75 Å². The van der Waals surface area contributed by atoms with Crippen LogP contribution in [0.1, 0.15) is 89.5 Å². The molecule has 0 radical (unpaired) electrons. The van der Waals surface area contributed by atoms with E-state index in [1.165, 1.54) is 57.8 Å². The minimum absolute atomic E-state index is 0.155. The van der Waals surface area contributed by atoms with Crippen LogP contribution in [0, 0.1) is 0 Å².